The molecule has 440 valence electrons. The molecule has 93 heavy (non-hydrogen) atoms. The summed E-state index contributed by atoms with van der Waals surface area (Å²) in [4.78, 5) is 9.46. The molecule has 0 saturated heterocycles. The van der Waals surface area contributed by atoms with Crippen LogP contribution in [0.15, 0.2) is 376 Å². The van der Waals surface area contributed by atoms with Crippen LogP contribution < -0.4 is 19.6 Å². The van der Waals surface area contributed by atoms with Crippen LogP contribution >= 0.6 is 0 Å². The molecule has 0 aliphatic rings. The number of para-hydroxylation sites is 2. The van der Waals surface area contributed by atoms with Gasteiger partial charge in [0.25, 0.3) is 0 Å². The summed E-state index contributed by atoms with van der Waals surface area (Å²) in [5.41, 5.74) is 20.4. The van der Waals surface area contributed by atoms with Crippen molar-refractivity contribution in [1.82, 2.24) is 0 Å². The quantitative estimate of drug-likeness (QED) is 0.0956. The van der Waals surface area contributed by atoms with Crippen LogP contribution in [0.1, 0.15) is 11.1 Å². The summed E-state index contributed by atoms with van der Waals surface area (Å²) in [6.45, 7) is 0. The molecule has 0 saturated carbocycles. The third-order valence-electron chi connectivity index (χ3n) is 18.0. The number of benzene rings is 16. The molecular formula is C89H64N4. The van der Waals surface area contributed by atoms with Gasteiger partial charge in [0.2, 0.25) is 0 Å². The smallest absolute Gasteiger partial charge is 0.0540 e. The summed E-state index contributed by atoms with van der Waals surface area (Å²) in [7, 11) is 0. The van der Waals surface area contributed by atoms with E-state index in [1.54, 1.807) is 0 Å². The van der Waals surface area contributed by atoms with Crippen molar-refractivity contribution in [1.29, 1.82) is 0 Å². The Morgan fingerprint density at radius 3 is 0.774 bits per heavy atom. The zero-order valence-corrected chi connectivity index (χ0v) is 51.3. The van der Waals surface area contributed by atoms with E-state index in [1.165, 1.54) is 54.2 Å². The van der Waals surface area contributed by atoms with Crippen molar-refractivity contribution in [2.45, 2.75) is 6.42 Å². The van der Waals surface area contributed by atoms with Gasteiger partial charge in [0, 0.05) is 67.6 Å². The maximum absolute atomic E-state index is 2.40. The van der Waals surface area contributed by atoms with Gasteiger partial charge >= 0.3 is 0 Å². The summed E-state index contributed by atoms with van der Waals surface area (Å²) in [6, 6.07) is 136. The molecule has 0 atom stereocenters. The Morgan fingerprint density at radius 2 is 0.419 bits per heavy atom. The lowest BCUT2D eigenvalue weighted by Crippen LogP contribution is -2.11. The van der Waals surface area contributed by atoms with Crippen molar-refractivity contribution in [2.75, 3.05) is 19.6 Å². The molecule has 0 unspecified atom stereocenters. The molecular weight excluding hydrogens is 1130 g/mol. The van der Waals surface area contributed by atoms with Gasteiger partial charge in [-0.2, -0.15) is 0 Å². The highest BCUT2D eigenvalue weighted by Gasteiger charge is 2.20. The van der Waals surface area contributed by atoms with Gasteiger partial charge in [-0.3, -0.25) is 0 Å². The molecule has 0 aliphatic carbocycles. The Labute approximate surface area is 543 Å². The molecule has 16 aromatic carbocycles. The Morgan fingerprint density at radius 1 is 0.161 bits per heavy atom. The summed E-state index contributed by atoms with van der Waals surface area (Å²) in [5.74, 6) is 0. The molecule has 4 heteroatoms. The molecule has 16 aromatic rings. The van der Waals surface area contributed by atoms with E-state index in [-0.39, 0.29) is 0 Å². The number of hydrogen-bond donors (Lipinski definition) is 0. The molecule has 0 radical (unpaired) electrons. The minimum Gasteiger partial charge on any atom is -0.310 e. The molecule has 0 heterocycles. The van der Waals surface area contributed by atoms with E-state index in [1.807, 2.05) is 0 Å². The predicted octanol–water partition coefficient (Wildman–Crippen LogP) is 25.1. The standard InChI is InChI=1S/C89H64N4/c1-3-25-76(26-4-1)90(84-59-45-66-17-7-9-21-74(66)62-84)78-51-37-68(38-52-78)70-41-55-82(56-42-70)92(88-31-15-23-72-19-11-13-29-86(72)88)80-47-33-64(34-48-80)61-65-35-49-81(50-36-65)93(89-32-16-24-73-20-12-14-30-87(73)89)83-57-43-71(44-58-83)69-39-53-79(54-40-69)91(77-27-5-2-6-28-77)85-60-46-67-18-8-10-22-75(67)63-85/h1-60,62-63H,61H2. The largest absolute Gasteiger partial charge is 0.310 e. The van der Waals surface area contributed by atoms with Crippen LogP contribution in [0.4, 0.5) is 68.2 Å². The van der Waals surface area contributed by atoms with Crippen LogP contribution in [-0.4, -0.2) is 0 Å². The van der Waals surface area contributed by atoms with Crippen molar-refractivity contribution in [3.63, 3.8) is 0 Å². The third kappa shape index (κ3) is 11.4. The average Bonchev–Trinajstić information content (AvgIpc) is 1.46. The van der Waals surface area contributed by atoms with Gasteiger partial charge in [-0.25, -0.2) is 0 Å². The summed E-state index contributed by atoms with van der Waals surface area (Å²) in [6.07, 6.45) is 0.792. The first-order valence-corrected chi connectivity index (χ1v) is 31.9. The monoisotopic (exact) mass is 1190 g/mol. The maximum atomic E-state index is 2.40. The van der Waals surface area contributed by atoms with E-state index in [4.69, 9.17) is 0 Å². The number of rotatable bonds is 16. The summed E-state index contributed by atoms with van der Waals surface area (Å²) < 4.78 is 0. The van der Waals surface area contributed by atoms with Gasteiger partial charge in [0.15, 0.2) is 0 Å². The molecule has 16 rings (SSSR count). The Balaban J connectivity index is 0.663. The van der Waals surface area contributed by atoms with Crippen LogP contribution in [0.3, 0.4) is 0 Å². The summed E-state index contributed by atoms with van der Waals surface area (Å²) >= 11 is 0. The lowest BCUT2D eigenvalue weighted by Gasteiger charge is -2.28. The van der Waals surface area contributed by atoms with Gasteiger partial charge < -0.3 is 19.6 Å². The highest BCUT2D eigenvalue weighted by molar-refractivity contribution is 6.01. The minimum absolute atomic E-state index is 0.792. The van der Waals surface area contributed by atoms with Crippen LogP contribution in [-0.2, 0) is 6.42 Å². The first-order chi connectivity index (χ1) is 46.1. The molecule has 0 fully saturated rings. The van der Waals surface area contributed by atoms with Gasteiger partial charge in [-0.15, -0.1) is 0 Å². The number of hydrogen-bond acceptors (Lipinski definition) is 4. The molecule has 0 N–H and O–H groups in total. The van der Waals surface area contributed by atoms with E-state index in [0.29, 0.717) is 0 Å². The highest BCUT2D eigenvalue weighted by atomic mass is 15.2. The van der Waals surface area contributed by atoms with Crippen LogP contribution in [0.2, 0.25) is 0 Å². The molecule has 0 spiro atoms. The van der Waals surface area contributed by atoms with Gasteiger partial charge in [-0.05, 0) is 206 Å². The van der Waals surface area contributed by atoms with Crippen LogP contribution in [0.25, 0.3) is 65.3 Å². The molecule has 0 amide bonds. The van der Waals surface area contributed by atoms with E-state index in [0.717, 1.165) is 96.9 Å². The van der Waals surface area contributed by atoms with E-state index in [9.17, 15) is 0 Å². The fourth-order valence-corrected chi connectivity index (χ4v) is 13.3. The lowest BCUT2D eigenvalue weighted by molar-refractivity contribution is 1.18. The number of nitrogens with zero attached hydrogens (tertiary/aromatic N) is 4. The van der Waals surface area contributed by atoms with Crippen molar-refractivity contribution in [3.05, 3.63) is 387 Å². The Bertz CT molecular complexity index is 4920. The lowest BCUT2D eigenvalue weighted by atomic mass is 10.0. The fraction of sp³-hybridized carbons (Fsp3) is 0.0112. The predicted molar refractivity (Wildman–Crippen MR) is 395 cm³/mol. The topological polar surface area (TPSA) is 13.0 Å². The van der Waals surface area contributed by atoms with Gasteiger partial charge in [0.05, 0.1) is 11.4 Å². The SMILES string of the molecule is c1ccc(N(c2ccc(-c3ccc(N(c4ccc(Cc5ccc(N(c6ccc(-c7ccc(N(c8ccccc8)c8ccc9ccccc9c8)cc7)cc6)c6cccc7ccccc67)cc5)cc4)c4cccc5ccccc45)cc3)cc2)c2ccc3ccccc3c2)cc1. The molecule has 4 nitrogen and oxygen atoms in total. The second-order valence-electron chi connectivity index (χ2n) is 23.8. The Hall–Kier alpha value is -12.2. The van der Waals surface area contributed by atoms with Crippen LogP contribution in [0, 0.1) is 0 Å². The number of fused-ring (bicyclic) bond motifs is 4. The maximum Gasteiger partial charge on any atom is 0.0540 e. The Kier molecular flexibility index (Phi) is 15.0. The molecule has 0 aromatic heterocycles. The van der Waals surface area contributed by atoms with Crippen molar-refractivity contribution in [2.24, 2.45) is 0 Å². The first kappa shape index (κ1) is 56.0. The first-order valence-electron chi connectivity index (χ1n) is 31.9. The van der Waals surface area contributed by atoms with Gasteiger partial charge in [0.1, 0.15) is 0 Å². The normalized spacial score (nSPS) is 11.3. The number of anilines is 12. The minimum atomic E-state index is 0.792. The average molecular weight is 1190 g/mol. The molecule has 0 aliphatic heterocycles. The zero-order valence-electron chi connectivity index (χ0n) is 51.3. The van der Waals surface area contributed by atoms with Gasteiger partial charge in [-0.1, -0.05) is 243 Å². The van der Waals surface area contributed by atoms with Crippen molar-refractivity contribution in [3.8, 4) is 22.3 Å². The highest BCUT2D eigenvalue weighted by Crippen LogP contribution is 2.44. The van der Waals surface area contributed by atoms with Crippen molar-refractivity contribution >= 4 is 111 Å². The fourth-order valence-electron chi connectivity index (χ4n) is 13.3. The second kappa shape index (κ2) is 25.0. The zero-order chi connectivity index (χ0) is 61.9. The third-order valence-corrected chi connectivity index (χ3v) is 18.0. The van der Waals surface area contributed by atoms with E-state index >= 15 is 0 Å². The van der Waals surface area contributed by atoms with Crippen molar-refractivity contribution < 1.29 is 0 Å². The molecule has 0 bridgehead atoms. The van der Waals surface area contributed by atoms with E-state index in [2.05, 4.69) is 396 Å². The second-order valence-corrected chi connectivity index (χ2v) is 23.8. The van der Waals surface area contributed by atoms with E-state index < -0.39 is 0 Å². The summed E-state index contributed by atoms with van der Waals surface area (Å²) in [5, 5.41) is 9.68. The van der Waals surface area contributed by atoms with Crippen LogP contribution in [0.5, 0.6) is 0 Å².